The molecule has 2 rings (SSSR count). The number of nitrogens with one attached hydrogen (secondary N) is 1. The molecule has 4 nitrogen and oxygen atoms in total. The van der Waals surface area contributed by atoms with Crippen LogP contribution in [0.4, 0.5) is 14.5 Å². The zero-order valence-corrected chi connectivity index (χ0v) is 16.8. The molecule has 0 radical (unpaired) electrons. The van der Waals surface area contributed by atoms with Gasteiger partial charge in [0, 0.05) is 16.8 Å². The quantitative estimate of drug-likeness (QED) is 0.507. The van der Waals surface area contributed by atoms with Gasteiger partial charge >= 0.3 is 5.97 Å². The summed E-state index contributed by atoms with van der Waals surface area (Å²) in [6.45, 7) is 7.16. The Morgan fingerprint density at radius 1 is 1.14 bits per heavy atom. The number of hydrogen-bond acceptors (Lipinski definition) is 4. The molecule has 0 aliphatic heterocycles. The van der Waals surface area contributed by atoms with E-state index >= 15 is 0 Å². The van der Waals surface area contributed by atoms with Crippen molar-refractivity contribution in [2.75, 3.05) is 12.4 Å². The number of allylic oxidation sites excluding steroid dienone is 1. The Kier molecular flexibility index (Phi) is 7.15. The van der Waals surface area contributed by atoms with Gasteiger partial charge in [0.2, 0.25) is 0 Å². The fraction of sp³-hybridized carbons (Fsp3) is 0.318. The molecule has 1 N–H and O–H groups in total. The first-order valence-electron chi connectivity index (χ1n) is 9.03. The van der Waals surface area contributed by atoms with Crippen LogP contribution in [0, 0.1) is 25.5 Å². The van der Waals surface area contributed by atoms with Crippen molar-refractivity contribution in [1.82, 2.24) is 0 Å². The fourth-order valence-electron chi connectivity index (χ4n) is 2.53. The van der Waals surface area contributed by atoms with Crippen molar-refractivity contribution in [3.05, 3.63) is 70.1 Å². The number of methoxy groups -OCH3 is 1. The minimum absolute atomic E-state index is 0.0192. The first-order valence-corrected chi connectivity index (χ1v) is 9.03. The first-order chi connectivity index (χ1) is 13.3. The lowest BCUT2D eigenvalue weighted by molar-refractivity contribution is -0.139. The number of benzene rings is 2. The Morgan fingerprint density at radius 2 is 1.86 bits per heavy atom. The van der Waals surface area contributed by atoms with Crippen molar-refractivity contribution < 1.29 is 23.0 Å². The molecule has 0 saturated heterocycles. The lowest BCUT2D eigenvalue weighted by Gasteiger charge is -2.19. The molecule has 0 bridgehead atoms. The van der Waals surface area contributed by atoms with Gasteiger partial charge in [-0.3, -0.25) is 4.79 Å². The van der Waals surface area contributed by atoms with E-state index in [1.165, 1.54) is 19.2 Å². The normalized spacial score (nSPS) is 11.7. The van der Waals surface area contributed by atoms with Crippen LogP contribution < -0.4 is 10.1 Å². The first kappa shape index (κ1) is 21.4. The van der Waals surface area contributed by atoms with Gasteiger partial charge in [-0.1, -0.05) is 25.1 Å². The summed E-state index contributed by atoms with van der Waals surface area (Å²) in [7, 11) is 1.25. The molecule has 0 atom stereocenters. The minimum Gasteiger partial charge on any atom is -0.469 e. The summed E-state index contributed by atoms with van der Waals surface area (Å²) in [5.41, 5.74) is 2.56. The van der Waals surface area contributed by atoms with E-state index in [0.29, 0.717) is 29.1 Å². The standard InChI is InChI=1S/C22H25F2NO3/c1-6-13(2)22(25-18-9-7-8-17(23)15(18)4)28-21-14(3)10-11-16(20(21)24)12-19(26)27-5/h7-11,25H,6,12H2,1-5H3. The molecular weight excluding hydrogens is 364 g/mol. The molecule has 150 valence electrons. The smallest absolute Gasteiger partial charge is 0.310 e. The van der Waals surface area contributed by atoms with Crippen LogP contribution in [0.2, 0.25) is 0 Å². The van der Waals surface area contributed by atoms with E-state index in [2.05, 4.69) is 10.1 Å². The van der Waals surface area contributed by atoms with Gasteiger partial charge < -0.3 is 14.8 Å². The number of carbonyl (C=O) groups excluding carboxylic acids is 1. The highest BCUT2D eigenvalue weighted by Crippen LogP contribution is 2.30. The third kappa shape index (κ3) is 4.88. The molecule has 0 spiro atoms. The van der Waals surface area contributed by atoms with E-state index in [-0.39, 0.29) is 23.6 Å². The van der Waals surface area contributed by atoms with Gasteiger partial charge in [0.1, 0.15) is 5.82 Å². The summed E-state index contributed by atoms with van der Waals surface area (Å²) in [4.78, 5) is 11.5. The second-order valence-electron chi connectivity index (χ2n) is 6.54. The second kappa shape index (κ2) is 9.35. The van der Waals surface area contributed by atoms with E-state index in [1.54, 1.807) is 32.0 Å². The zero-order valence-electron chi connectivity index (χ0n) is 16.8. The summed E-state index contributed by atoms with van der Waals surface area (Å²) < 4.78 is 39.4. The molecule has 0 aliphatic carbocycles. The zero-order chi connectivity index (χ0) is 20.8. The fourth-order valence-corrected chi connectivity index (χ4v) is 2.53. The number of anilines is 1. The number of halogens is 2. The molecule has 0 fully saturated rings. The summed E-state index contributed by atoms with van der Waals surface area (Å²) in [5.74, 6) is -1.16. The second-order valence-corrected chi connectivity index (χ2v) is 6.54. The van der Waals surface area contributed by atoms with Crippen LogP contribution >= 0.6 is 0 Å². The van der Waals surface area contributed by atoms with Crippen LogP contribution in [0.25, 0.3) is 0 Å². The minimum atomic E-state index is -0.621. The topological polar surface area (TPSA) is 47.6 Å². The summed E-state index contributed by atoms with van der Waals surface area (Å²) in [6, 6.07) is 7.91. The van der Waals surface area contributed by atoms with Crippen LogP contribution in [-0.2, 0) is 16.0 Å². The van der Waals surface area contributed by atoms with Gasteiger partial charge in [0.25, 0.3) is 0 Å². The van der Waals surface area contributed by atoms with E-state index in [1.807, 2.05) is 13.8 Å². The molecule has 0 aliphatic rings. The Hall–Kier alpha value is -2.89. The van der Waals surface area contributed by atoms with Gasteiger partial charge in [-0.05, 0) is 50.5 Å². The van der Waals surface area contributed by atoms with E-state index < -0.39 is 11.8 Å². The highest BCUT2D eigenvalue weighted by molar-refractivity contribution is 5.72. The Labute approximate surface area is 164 Å². The van der Waals surface area contributed by atoms with Crippen molar-refractivity contribution in [2.45, 2.75) is 40.5 Å². The van der Waals surface area contributed by atoms with Gasteiger partial charge in [0.15, 0.2) is 17.4 Å². The summed E-state index contributed by atoms with van der Waals surface area (Å²) in [6.07, 6.45) is 0.459. The van der Waals surface area contributed by atoms with Gasteiger partial charge in [-0.2, -0.15) is 0 Å². The molecule has 2 aromatic rings. The maximum absolute atomic E-state index is 15.0. The van der Waals surface area contributed by atoms with E-state index in [9.17, 15) is 13.6 Å². The number of esters is 1. The lowest BCUT2D eigenvalue weighted by atomic mass is 10.1. The lowest BCUT2D eigenvalue weighted by Crippen LogP contribution is -2.14. The van der Waals surface area contributed by atoms with Crippen LogP contribution in [0.15, 0.2) is 41.8 Å². The van der Waals surface area contributed by atoms with Crippen LogP contribution in [-0.4, -0.2) is 13.1 Å². The summed E-state index contributed by atoms with van der Waals surface area (Å²) >= 11 is 0. The molecule has 0 amide bonds. The largest absolute Gasteiger partial charge is 0.469 e. The van der Waals surface area contributed by atoms with Crippen molar-refractivity contribution in [2.24, 2.45) is 0 Å². The molecule has 2 aromatic carbocycles. The van der Waals surface area contributed by atoms with E-state index in [0.717, 1.165) is 5.57 Å². The van der Waals surface area contributed by atoms with Crippen molar-refractivity contribution >= 4 is 11.7 Å². The summed E-state index contributed by atoms with van der Waals surface area (Å²) in [5, 5.41) is 3.07. The van der Waals surface area contributed by atoms with Gasteiger partial charge in [0.05, 0.1) is 13.5 Å². The van der Waals surface area contributed by atoms with Gasteiger partial charge in [-0.15, -0.1) is 0 Å². The van der Waals surface area contributed by atoms with E-state index in [4.69, 9.17) is 4.74 Å². The van der Waals surface area contributed by atoms with Crippen LogP contribution in [0.5, 0.6) is 5.75 Å². The predicted octanol–water partition coefficient (Wildman–Crippen LogP) is 5.43. The maximum Gasteiger partial charge on any atom is 0.310 e. The molecule has 28 heavy (non-hydrogen) atoms. The number of aryl methyl sites for hydroxylation is 1. The number of rotatable bonds is 7. The van der Waals surface area contributed by atoms with Crippen molar-refractivity contribution in [3.8, 4) is 5.75 Å². The molecule has 0 saturated carbocycles. The predicted molar refractivity (Wildman–Crippen MR) is 105 cm³/mol. The average molecular weight is 389 g/mol. The number of hydrogen-bond donors (Lipinski definition) is 1. The molecular formula is C22H25F2NO3. The van der Waals surface area contributed by atoms with Crippen molar-refractivity contribution in [1.29, 1.82) is 0 Å². The molecule has 0 heterocycles. The highest BCUT2D eigenvalue weighted by Gasteiger charge is 2.18. The third-order valence-electron chi connectivity index (χ3n) is 4.57. The SMILES string of the molecule is CCC(C)=C(Nc1cccc(F)c1C)Oc1c(C)ccc(CC(=O)OC)c1F. The van der Waals surface area contributed by atoms with Gasteiger partial charge in [-0.25, -0.2) is 8.78 Å². The number of ether oxygens (including phenoxy) is 2. The molecule has 6 heteroatoms. The third-order valence-corrected chi connectivity index (χ3v) is 4.57. The number of carbonyl (C=O) groups is 1. The van der Waals surface area contributed by atoms with Crippen LogP contribution in [0.3, 0.4) is 0 Å². The molecule has 0 aromatic heterocycles. The average Bonchev–Trinajstić information content (AvgIpc) is 2.68. The Balaban J connectivity index is 2.42. The maximum atomic E-state index is 15.0. The monoisotopic (exact) mass is 389 g/mol. The van der Waals surface area contributed by atoms with Crippen LogP contribution in [0.1, 0.15) is 37.0 Å². The Bertz CT molecular complexity index is 907. The Morgan fingerprint density at radius 3 is 2.50 bits per heavy atom. The van der Waals surface area contributed by atoms with Crippen molar-refractivity contribution in [3.63, 3.8) is 0 Å². The highest BCUT2D eigenvalue weighted by atomic mass is 19.1. The molecule has 0 unspecified atom stereocenters.